The van der Waals surface area contributed by atoms with Gasteiger partial charge in [0.2, 0.25) is 11.8 Å². The molecule has 0 heterocycles. The summed E-state index contributed by atoms with van der Waals surface area (Å²) in [6, 6.07) is 19.3. The van der Waals surface area contributed by atoms with Crippen LogP contribution in [-0.2, 0) is 26.2 Å². The van der Waals surface area contributed by atoms with E-state index in [1.54, 1.807) is 60.7 Å². The number of nitrogens with one attached hydrogen (secondary N) is 1. The SMILES string of the molecule is CC[C@H](C(=O)NC1CCCCC1)N(Cc1ccc(Cl)c(Cl)c1)C(=O)CN(c1ccccc1)S(=O)(=O)c1ccc(C)cc1. The number of aryl methyl sites for hydroxylation is 1. The monoisotopic (exact) mass is 629 g/mol. The van der Waals surface area contributed by atoms with E-state index >= 15 is 0 Å². The van der Waals surface area contributed by atoms with Gasteiger partial charge in [0, 0.05) is 12.6 Å². The number of rotatable bonds is 11. The first kappa shape index (κ1) is 31.9. The number of sulfonamides is 1. The minimum atomic E-state index is -4.11. The van der Waals surface area contributed by atoms with Gasteiger partial charge in [-0.3, -0.25) is 13.9 Å². The van der Waals surface area contributed by atoms with Gasteiger partial charge in [-0.2, -0.15) is 0 Å². The van der Waals surface area contributed by atoms with Crippen LogP contribution in [0.3, 0.4) is 0 Å². The summed E-state index contributed by atoms with van der Waals surface area (Å²) in [6.07, 6.45) is 5.41. The Kier molecular flexibility index (Phi) is 10.9. The van der Waals surface area contributed by atoms with Crippen molar-refractivity contribution >= 4 is 50.7 Å². The molecular weight excluding hydrogens is 593 g/mol. The van der Waals surface area contributed by atoms with Crippen LogP contribution in [0.2, 0.25) is 10.0 Å². The van der Waals surface area contributed by atoms with Crippen LogP contribution >= 0.6 is 23.2 Å². The van der Waals surface area contributed by atoms with E-state index in [1.165, 1.54) is 17.0 Å². The molecule has 0 spiro atoms. The molecule has 1 aliphatic carbocycles. The molecule has 0 aliphatic heterocycles. The predicted octanol–water partition coefficient (Wildman–Crippen LogP) is 6.75. The summed E-state index contributed by atoms with van der Waals surface area (Å²) in [5.74, 6) is -0.753. The normalized spacial score (nSPS) is 14.7. The van der Waals surface area contributed by atoms with E-state index < -0.39 is 28.5 Å². The Morgan fingerprint density at radius 3 is 2.21 bits per heavy atom. The number of anilines is 1. The van der Waals surface area contributed by atoms with Crippen LogP contribution in [0, 0.1) is 6.92 Å². The van der Waals surface area contributed by atoms with Crippen LogP contribution in [0.4, 0.5) is 5.69 Å². The highest BCUT2D eigenvalue weighted by Gasteiger charge is 2.34. The minimum absolute atomic E-state index is 0.0551. The number of carbonyl (C=O) groups excluding carboxylic acids is 2. The minimum Gasteiger partial charge on any atom is -0.352 e. The Balaban J connectivity index is 1.70. The van der Waals surface area contributed by atoms with Crippen molar-refractivity contribution in [2.24, 2.45) is 0 Å². The first-order chi connectivity index (χ1) is 20.1. The number of para-hydroxylation sites is 1. The predicted molar refractivity (Wildman–Crippen MR) is 168 cm³/mol. The standard InChI is InChI=1S/C32H37Cl2N3O4S/c1-3-30(32(39)35-25-10-6-4-7-11-25)36(21-24-16-19-28(33)29(34)20-24)31(38)22-37(26-12-8-5-9-13-26)42(40,41)27-17-14-23(2)15-18-27/h5,8-9,12-20,25,30H,3-4,6-7,10-11,21-22H2,1-2H3,(H,35,39)/t30-/m1/s1. The van der Waals surface area contributed by atoms with Crippen LogP contribution in [0.15, 0.2) is 77.7 Å². The van der Waals surface area contributed by atoms with Crippen molar-refractivity contribution in [3.63, 3.8) is 0 Å². The van der Waals surface area contributed by atoms with Crippen LogP contribution in [0.1, 0.15) is 56.6 Å². The van der Waals surface area contributed by atoms with Gasteiger partial charge >= 0.3 is 0 Å². The number of hydrogen-bond acceptors (Lipinski definition) is 4. The molecule has 1 aliphatic rings. The summed E-state index contributed by atoms with van der Waals surface area (Å²) >= 11 is 12.4. The first-order valence-corrected chi connectivity index (χ1v) is 16.5. The van der Waals surface area contributed by atoms with E-state index in [4.69, 9.17) is 23.2 Å². The maximum Gasteiger partial charge on any atom is 0.264 e. The first-order valence-electron chi connectivity index (χ1n) is 14.3. The summed E-state index contributed by atoms with van der Waals surface area (Å²) in [6.45, 7) is 3.28. The maximum atomic E-state index is 14.2. The quantitative estimate of drug-likeness (QED) is 0.254. The van der Waals surface area contributed by atoms with Gasteiger partial charge in [0.05, 0.1) is 20.6 Å². The second-order valence-corrected chi connectivity index (χ2v) is 13.4. The van der Waals surface area contributed by atoms with Crippen molar-refractivity contribution in [3.05, 3.63) is 94.0 Å². The third-order valence-corrected chi connectivity index (χ3v) is 10.1. The van der Waals surface area contributed by atoms with Gasteiger partial charge < -0.3 is 10.2 Å². The molecular formula is C32H37Cl2N3O4S. The molecule has 10 heteroatoms. The zero-order chi connectivity index (χ0) is 30.3. The van der Waals surface area contributed by atoms with Crippen molar-refractivity contribution in [2.45, 2.75) is 75.9 Å². The number of carbonyl (C=O) groups is 2. The third-order valence-electron chi connectivity index (χ3n) is 7.61. The van der Waals surface area contributed by atoms with Crippen molar-refractivity contribution in [1.29, 1.82) is 0 Å². The van der Waals surface area contributed by atoms with Gasteiger partial charge in [-0.05, 0) is 68.1 Å². The Bertz CT molecular complexity index is 1480. The molecule has 4 rings (SSSR count). The number of halogens is 2. The molecule has 1 atom stereocenters. The Morgan fingerprint density at radius 1 is 0.929 bits per heavy atom. The Labute approximate surface area is 258 Å². The molecule has 0 unspecified atom stereocenters. The fourth-order valence-corrected chi connectivity index (χ4v) is 6.99. The van der Waals surface area contributed by atoms with Crippen molar-refractivity contribution in [2.75, 3.05) is 10.8 Å². The van der Waals surface area contributed by atoms with E-state index in [9.17, 15) is 18.0 Å². The molecule has 1 saturated carbocycles. The van der Waals surface area contributed by atoms with Gasteiger partial charge in [0.1, 0.15) is 12.6 Å². The van der Waals surface area contributed by atoms with Crippen molar-refractivity contribution in [3.8, 4) is 0 Å². The van der Waals surface area contributed by atoms with Gasteiger partial charge in [0.15, 0.2) is 0 Å². The molecule has 2 amide bonds. The zero-order valence-electron chi connectivity index (χ0n) is 23.9. The van der Waals surface area contributed by atoms with Gasteiger partial charge in [-0.15, -0.1) is 0 Å². The number of amides is 2. The fourth-order valence-electron chi connectivity index (χ4n) is 5.26. The summed E-state index contributed by atoms with van der Waals surface area (Å²) in [5.41, 5.74) is 1.94. The average Bonchev–Trinajstić information content (AvgIpc) is 2.98. The largest absolute Gasteiger partial charge is 0.352 e. The topological polar surface area (TPSA) is 86.8 Å². The lowest BCUT2D eigenvalue weighted by Crippen LogP contribution is -2.54. The van der Waals surface area contributed by atoms with E-state index in [2.05, 4.69) is 5.32 Å². The molecule has 42 heavy (non-hydrogen) atoms. The molecule has 0 radical (unpaired) electrons. The lowest BCUT2D eigenvalue weighted by molar-refractivity contribution is -0.140. The van der Waals surface area contributed by atoms with Gasteiger partial charge in [-0.25, -0.2) is 8.42 Å². The van der Waals surface area contributed by atoms with E-state index in [-0.39, 0.29) is 23.4 Å². The summed E-state index contributed by atoms with van der Waals surface area (Å²) in [4.78, 5) is 29.3. The fraction of sp³-hybridized carbons (Fsp3) is 0.375. The molecule has 3 aromatic rings. The number of nitrogens with zero attached hydrogens (tertiary/aromatic N) is 2. The molecule has 1 fully saturated rings. The molecule has 7 nitrogen and oxygen atoms in total. The Morgan fingerprint density at radius 2 is 1.60 bits per heavy atom. The van der Waals surface area contributed by atoms with E-state index in [0.29, 0.717) is 27.7 Å². The smallest absolute Gasteiger partial charge is 0.264 e. The highest BCUT2D eigenvalue weighted by molar-refractivity contribution is 7.92. The average molecular weight is 631 g/mol. The van der Waals surface area contributed by atoms with Gasteiger partial charge in [0.25, 0.3) is 10.0 Å². The highest BCUT2D eigenvalue weighted by atomic mass is 35.5. The van der Waals surface area contributed by atoms with Gasteiger partial charge in [-0.1, -0.05) is 91.3 Å². The lowest BCUT2D eigenvalue weighted by atomic mass is 9.95. The van der Waals surface area contributed by atoms with Crippen LogP contribution in [-0.4, -0.2) is 43.8 Å². The second kappa shape index (κ2) is 14.4. The molecule has 224 valence electrons. The zero-order valence-corrected chi connectivity index (χ0v) is 26.3. The molecule has 3 aromatic carbocycles. The number of benzene rings is 3. The second-order valence-electron chi connectivity index (χ2n) is 10.7. The Hall–Kier alpha value is -3.07. The van der Waals surface area contributed by atoms with Crippen molar-refractivity contribution in [1.82, 2.24) is 10.2 Å². The van der Waals surface area contributed by atoms with Crippen LogP contribution in [0.5, 0.6) is 0 Å². The highest BCUT2D eigenvalue weighted by Crippen LogP contribution is 2.27. The molecule has 0 bridgehead atoms. The van der Waals surface area contributed by atoms with Crippen LogP contribution < -0.4 is 9.62 Å². The molecule has 0 saturated heterocycles. The van der Waals surface area contributed by atoms with Crippen LogP contribution in [0.25, 0.3) is 0 Å². The summed E-state index contributed by atoms with van der Waals surface area (Å²) < 4.78 is 28.9. The van der Waals surface area contributed by atoms with E-state index in [0.717, 1.165) is 42.0 Å². The number of hydrogen-bond donors (Lipinski definition) is 1. The maximum absolute atomic E-state index is 14.2. The lowest BCUT2D eigenvalue weighted by Gasteiger charge is -2.34. The summed E-state index contributed by atoms with van der Waals surface area (Å²) in [5, 5.41) is 3.85. The third kappa shape index (κ3) is 7.85. The molecule has 0 aromatic heterocycles. The summed E-state index contributed by atoms with van der Waals surface area (Å²) in [7, 11) is -4.11. The van der Waals surface area contributed by atoms with E-state index in [1.807, 2.05) is 13.8 Å². The van der Waals surface area contributed by atoms with Crippen molar-refractivity contribution < 1.29 is 18.0 Å². The molecule has 1 N–H and O–H groups in total.